The topological polar surface area (TPSA) is 32.8 Å². The van der Waals surface area contributed by atoms with E-state index in [2.05, 4.69) is 262 Å². The van der Waals surface area contributed by atoms with Crippen molar-refractivity contribution in [3.63, 3.8) is 0 Å². The Kier molecular flexibility index (Phi) is 10.1. The number of fused-ring (bicyclic) bond motifs is 8. The molecule has 0 aliphatic carbocycles. The van der Waals surface area contributed by atoms with Crippen molar-refractivity contribution >= 4 is 99.5 Å². The van der Waals surface area contributed by atoms with Crippen LogP contribution in [0.15, 0.2) is 233 Å². The first kappa shape index (κ1) is 42.3. The van der Waals surface area contributed by atoms with Crippen LogP contribution >= 0.6 is 0 Å². The highest BCUT2D eigenvalue weighted by molar-refractivity contribution is 6.20. The fourth-order valence-electron chi connectivity index (χ4n) is 10.8. The van der Waals surface area contributed by atoms with Gasteiger partial charge in [-0.1, -0.05) is 147 Å². The van der Waals surface area contributed by atoms with Crippen molar-refractivity contribution in [2.45, 2.75) is 33.6 Å². The summed E-state index contributed by atoms with van der Waals surface area (Å²) in [6.45, 7) is 8.90. The summed E-state index contributed by atoms with van der Waals surface area (Å²) >= 11 is 0. The van der Waals surface area contributed by atoms with E-state index in [1.54, 1.807) is 0 Å². The molecular weight excluding hydrogens is 865 g/mol. The molecule has 0 aliphatic rings. The molecule has 0 N–H and O–H groups in total. The lowest BCUT2D eigenvalue weighted by molar-refractivity contribution is 0.655. The lowest BCUT2D eigenvalue weighted by Gasteiger charge is -2.28. The molecule has 2 aromatic heterocycles. The first-order chi connectivity index (χ1) is 34.8. The van der Waals surface area contributed by atoms with Gasteiger partial charge in [-0.2, -0.15) is 0 Å². The molecule has 13 rings (SSSR count). The van der Waals surface area contributed by atoms with Gasteiger partial charge in [0, 0.05) is 61.2 Å². The van der Waals surface area contributed by atoms with Gasteiger partial charge < -0.3 is 18.6 Å². The van der Waals surface area contributed by atoms with Crippen LogP contribution in [0, 0.1) is 13.8 Å². The van der Waals surface area contributed by atoms with E-state index < -0.39 is 0 Å². The van der Waals surface area contributed by atoms with Crippen molar-refractivity contribution in [1.29, 1.82) is 0 Å². The molecule has 0 amide bonds. The summed E-state index contributed by atoms with van der Waals surface area (Å²) in [4.78, 5) is 4.74. The van der Waals surface area contributed by atoms with Crippen molar-refractivity contribution in [1.82, 2.24) is 0 Å². The summed E-state index contributed by atoms with van der Waals surface area (Å²) in [7, 11) is 0. The quantitative estimate of drug-likeness (QED) is 0.144. The average Bonchev–Trinajstić information content (AvgIpc) is 3.95. The molecule has 0 radical (unpaired) electrons. The van der Waals surface area contributed by atoms with Gasteiger partial charge in [0.2, 0.25) is 0 Å². The molecule has 0 saturated carbocycles. The molecule has 0 aliphatic heterocycles. The highest BCUT2D eigenvalue weighted by Gasteiger charge is 2.24. The maximum Gasteiger partial charge on any atom is 0.139 e. The number of para-hydroxylation sites is 2. The third-order valence-corrected chi connectivity index (χ3v) is 14.4. The average molecular weight is 915 g/mol. The van der Waals surface area contributed by atoms with Gasteiger partial charge in [-0.15, -0.1) is 0 Å². The zero-order valence-electron chi connectivity index (χ0n) is 40.2. The lowest BCUT2D eigenvalue weighted by Crippen LogP contribution is -2.11. The van der Waals surface area contributed by atoms with Crippen LogP contribution in [0.4, 0.5) is 34.1 Å². The molecule has 0 saturated heterocycles. The standard InChI is InChI=1S/C67H50N2O2/c1-42(2)65-66-59-36-48-30-32-56(69(54-23-15-8-16-24-54)61-38-50(28-26-44(61)4)46-19-11-6-12-20-46)34-52(48)40-63(59)70-64(66)41-58-57-35-47-29-31-55(33-51(47)39-62(57)71-67(58)65)68(53-21-13-7-14-22-53)60-37-49(27-25-43(60)3)45-17-9-5-10-18-45/h5-42H,1-4H3. The molecule has 2 heterocycles. The van der Waals surface area contributed by atoms with Crippen LogP contribution in [0.25, 0.3) is 87.7 Å². The van der Waals surface area contributed by atoms with Crippen molar-refractivity contribution in [3.05, 3.63) is 241 Å². The Bertz CT molecular complexity index is 4000. The van der Waals surface area contributed by atoms with E-state index in [1.807, 2.05) is 0 Å². The lowest BCUT2D eigenvalue weighted by atomic mass is 9.93. The highest BCUT2D eigenvalue weighted by atomic mass is 16.3. The van der Waals surface area contributed by atoms with E-state index in [4.69, 9.17) is 8.83 Å². The van der Waals surface area contributed by atoms with Crippen LogP contribution in [0.3, 0.4) is 0 Å². The number of furan rings is 2. The molecule has 0 atom stereocenters. The van der Waals surface area contributed by atoms with Gasteiger partial charge in [-0.3, -0.25) is 0 Å². The number of nitrogens with zero attached hydrogens (tertiary/aromatic N) is 2. The van der Waals surface area contributed by atoms with Gasteiger partial charge in [0.05, 0.1) is 0 Å². The Balaban J connectivity index is 0.927. The molecule has 11 aromatic carbocycles. The van der Waals surface area contributed by atoms with Crippen molar-refractivity contribution in [3.8, 4) is 22.3 Å². The smallest absolute Gasteiger partial charge is 0.139 e. The van der Waals surface area contributed by atoms with E-state index in [0.29, 0.717) is 0 Å². The number of anilines is 6. The molecule has 340 valence electrons. The molecule has 0 spiro atoms. The Morgan fingerprint density at radius 1 is 0.338 bits per heavy atom. The monoisotopic (exact) mass is 914 g/mol. The summed E-state index contributed by atoms with van der Waals surface area (Å²) in [6, 6.07) is 80.9. The number of rotatable bonds is 9. The first-order valence-electron chi connectivity index (χ1n) is 24.6. The van der Waals surface area contributed by atoms with Crippen molar-refractivity contribution < 1.29 is 8.83 Å². The summed E-state index contributed by atoms with van der Waals surface area (Å²) in [5, 5.41) is 8.89. The molecular formula is C67H50N2O2. The minimum Gasteiger partial charge on any atom is -0.456 e. The second-order valence-corrected chi connectivity index (χ2v) is 19.2. The predicted octanol–water partition coefficient (Wildman–Crippen LogP) is 19.8. The van der Waals surface area contributed by atoms with Gasteiger partial charge >= 0.3 is 0 Å². The molecule has 4 heteroatoms. The summed E-state index contributed by atoms with van der Waals surface area (Å²) in [5.74, 6) is 0.172. The van der Waals surface area contributed by atoms with Gasteiger partial charge in [0.15, 0.2) is 0 Å². The van der Waals surface area contributed by atoms with E-state index >= 15 is 0 Å². The minimum absolute atomic E-state index is 0.172. The zero-order chi connectivity index (χ0) is 47.7. The largest absolute Gasteiger partial charge is 0.456 e. The van der Waals surface area contributed by atoms with E-state index in [9.17, 15) is 0 Å². The third-order valence-electron chi connectivity index (χ3n) is 14.4. The maximum absolute atomic E-state index is 7.03. The van der Waals surface area contributed by atoms with Gasteiger partial charge in [0.25, 0.3) is 0 Å². The fraction of sp³-hybridized carbons (Fsp3) is 0.0746. The van der Waals surface area contributed by atoms with Crippen LogP contribution in [0.5, 0.6) is 0 Å². The number of benzene rings is 11. The fourth-order valence-corrected chi connectivity index (χ4v) is 10.8. The van der Waals surface area contributed by atoms with Gasteiger partial charge in [0.1, 0.15) is 22.3 Å². The van der Waals surface area contributed by atoms with Gasteiger partial charge in [-0.05, 0) is 166 Å². The van der Waals surface area contributed by atoms with Crippen LogP contribution in [0.1, 0.15) is 36.5 Å². The molecule has 0 bridgehead atoms. The second kappa shape index (κ2) is 17.0. The third kappa shape index (κ3) is 7.30. The Hall–Kier alpha value is -8.86. The van der Waals surface area contributed by atoms with Crippen LogP contribution in [-0.2, 0) is 0 Å². The Morgan fingerprint density at radius 2 is 0.803 bits per heavy atom. The highest BCUT2D eigenvalue weighted by Crippen LogP contribution is 2.47. The van der Waals surface area contributed by atoms with E-state index in [1.165, 1.54) is 38.9 Å². The van der Waals surface area contributed by atoms with Crippen LogP contribution < -0.4 is 9.80 Å². The van der Waals surface area contributed by atoms with Crippen molar-refractivity contribution in [2.75, 3.05) is 9.80 Å². The Labute approximate surface area is 413 Å². The SMILES string of the molecule is Cc1ccc(-c2ccccc2)cc1N(c1ccccc1)c1ccc2cc3c(cc2c1)oc1c(C(C)C)c2c(cc13)oc1cc3cc(N(c4ccccc4)c4cc(-c5ccccc5)ccc4C)ccc3cc12. The van der Waals surface area contributed by atoms with Gasteiger partial charge in [-0.25, -0.2) is 0 Å². The second-order valence-electron chi connectivity index (χ2n) is 19.2. The predicted molar refractivity (Wildman–Crippen MR) is 300 cm³/mol. The molecule has 13 aromatic rings. The summed E-state index contributed by atoms with van der Waals surface area (Å²) in [6.07, 6.45) is 0. The van der Waals surface area contributed by atoms with Crippen LogP contribution in [-0.4, -0.2) is 0 Å². The molecule has 71 heavy (non-hydrogen) atoms. The van der Waals surface area contributed by atoms with Crippen LogP contribution in [0.2, 0.25) is 0 Å². The minimum atomic E-state index is 0.172. The molecule has 0 fully saturated rings. The summed E-state index contributed by atoms with van der Waals surface area (Å²) < 4.78 is 14.0. The number of hydrogen-bond donors (Lipinski definition) is 0. The molecule has 0 unspecified atom stereocenters. The normalized spacial score (nSPS) is 11.8. The maximum atomic E-state index is 7.03. The molecule has 4 nitrogen and oxygen atoms in total. The zero-order valence-corrected chi connectivity index (χ0v) is 40.2. The van der Waals surface area contributed by atoms with E-state index in [0.717, 1.165) is 99.5 Å². The number of aryl methyl sites for hydroxylation is 2. The summed E-state index contributed by atoms with van der Waals surface area (Å²) in [5.41, 5.74) is 18.5. The first-order valence-corrected chi connectivity index (χ1v) is 24.6. The van der Waals surface area contributed by atoms with E-state index in [-0.39, 0.29) is 5.92 Å². The van der Waals surface area contributed by atoms with Crippen molar-refractivity contribution in [2.24, 2.45) is 0 Å². The number of hydrogen-bond acceptors (Lipinski definition) is 4. The Morgan fingerprint density at radius 3 is 1.30 bits per heavy atom.